The molecule has 0 aliphatic heterocycles. The molecular weight excluding hydrogens is 358 g/mol. The van der Waals surface area contributed by atoms with Gasteiger partial charge in [-0.1, -0.05) is 6.07 Å². The number of nitrogens with one attached hydrogen (secondary N) is 1. The van der Waals surface area contributed by atoms with E-state index < -0.39 is 0 Å². The van der Waals surface area contributed by atoms with Gasteiger partial charge in [0.25, 0.3) is 0 Å². The third kappa shape index (κ3) is 4.79. The molecule has 0 radical (unpaired) electrons. The minimum absolute atomic E-state index is 0.00626. The van der Waals surface area contributed by atoms with Crippen LogP contribution in [0.15, 0.2) is 48.8 Å². The van der Waals surface area contributed by atoms with Crippen LogP contribution in [0, 0.1) is 6.92 Å². The van der Waals surface area contributed by atoms with Gasteiger partial charge >= 0.3 is 0 Å². The summed E-state index contributed by atoms with van der Waals surface area (Å²) in [5, 5.41) is 14.0. The Kier molecular flexibility index (Phi) is 6.11. The van der Waals surface area contributed by atoms with Gasteiger partial charge in [0.15, 0.2) is 5.78 Å². The number of rotatable bonds is 8. The maximum absolute atomic E-state index is 12.2. The zero-order valence-electron chi connectivity index (χ0n) is 15.8. The monoisotopic (exact) mass is 379 g/mol. The third-order valence-corrected chi connectivity index (χ3v) is 4.31. The van der Waals surface area contributed by atoms with E-state index in [0.717, 1.165) is 11.3 Å². The summed E-state index contributed by atoms with van der Waals surface area (Å²) in [7, 11) is 1.58. The van der Waals surface area contributed by atoms with E-state index >= 15 is 0 Å². The van der Waals surface area contributed by atoms with E-state index in [-0.39, 0.29) is 18.1 Å². The number of ketones is 1. The molecule has 0 spiro atoms. The molecule has 3 rings (SSSR count). The van der Waals surface area contributed by atoms with Gasteiger partial charge < -0.3 is 10.1 Å². The fourth-order valence-corrected chi connectivity index (χ4v) is 2.76. The van der Waals surface area contributed by atoms with Crippen molar-refractivity contribution in [2.24, 2.45) is 0 Å². The molecule has 3 aromatic rings. The number of nitrogens with zero attached hydrogens (tertiary/aromatic N) is 4. The number of anilines is 1. The minimum Gasteiger partial charge on any atom is -0.497 e. The summed E-state index contributed by atoms with van der Waals surface area (Å²) in [6.45, 7) is 1.94. The highest BCUT2D eigenvalue weighted by Crippen LogP contribution is 2.19. The Morgan fingerprint density at radius 2 is 1.89 bits per heavy atom. The maximum Gasteiger partial charge on any atom is 0.224 e. The van der Waals surface area contributed by atoms with Crippen LogP contribution in [0.2, 0.25) is 0 Å². The van der Waals surface area contributed by atoms with Crippen molar-refractivity contribution in [3.05, 3.63) is 59.9 Å². The number of aromatic nitrogens is 4. The summed E-state index contributed by atoms with van der Waals surface area (Å²) in [4.78, 5) is 24.4. The van der Waals surface area contributed by atoms with Crippen LogP contribution < -0.4 is 10.1 Å². The largest absolute Gasteiger partial charge is 0.497 e. The number of carbonyl (C=O) groups is 2. The lowest BCUT2D eigenvalue weighted by Gasteiger charge is -2.09. The van der Waals surface area contributed by atoms with Gasteiger partial charge in [0.05, 0.1) is 12.8 Å². The number of hydrogen-bond acceptors (Lipinski definition) is 6. The summed E-state index contributed by atoms with van der Waals surface area (Å²) in [6, 6.07) is 12.5. The molecule has 0 atom stereocenters. The van der Waals surface area contributed by atoms with Crippen LogP contribution in [-0.4, -0.2) is 39.0 Å². The zero-order chi connectivity index (χ0) is 19.9. The second-order valence-electron chi connectivity index (χ2n) is 6.31. The number of tetrazole rings is 1. The highest BCUT2D eigenvalue weighted by atomic mass is 16.5. The fourth-order valence-electron chi connectivity index (χ4n) is 2.76. The Labute approximate surface area is 162 Å². The van der Waals surface area contributed by atoms with E-state index in [9.17, 15) is 9.59 Å². The first-order valence-electron chi connectivity index (χ1n) is 8.88. The lowest BCUT2D eigenvalue weighted by atomic mass is 10.1. The van der Waals surface area contributed by atoms with Gasteiger partial charge in [0.1, 0.15) is 12.1 Å². The van der Waals surface area contributed by atoms with Gasteiger partial charge in [-0.25, -0.2) is 4.68 Å². The van der Waals surface area contributed by atoms with E-state index in [4.69, 9.17) is 4.74 Å². The third-order valence-electron chi connectivity index (χ3n) is 4.31. The minimum atomic E-state index is -0.144. The topological polar surface area (TPSA) is 99.0 Å². The Bertz CT molecular complexity index is 952. The molecule has 144 valence electrons. The van der Waals surface area contributed by atoms with Crippen LogP contribution in [0.4, 0.5) is 5.69 Å². The number of hydrogen-bond donors (Lipinski definition) is 1. The molecule has 0 fully saturated rings. The Morgan fingerprint density at radius 1 is 1.11 bits per heavy atom. The normalized spacial score (nSPS) is 10.5. The van der Waals surface area contributed by atoms with Crippen LogP contribution in [0.25, 0.3) is 5.69 Å². The second kappa shape index (κ2) is 8.90. The molecule has 1 aromatic heterocycles. The number of amides is 1. The van der Waals surface area contributed by atoms with Crippen molar-refractivity contribution in [1.82, 2.24) is 20.2 Å². The second-order valence-corrected chi connectivity index (χ2v) is 6.31. The first kappa shape index (κ1) is 19.2. The predicted octanol–water partition coefficient (Wildman–Crippen LogP) is 2.97. The van der Waals surface area contributed by atoms with Crippen molar-refractivity contribution < 1.29 is 14.3 Å². The fraction of sp³-hybridized carbons (Fsp3) is 0.250. The molecule has 1 heterocycles. The van der Waals surface area contributed by atoms with Crippen LogP contribution in [0.1, 0.15) is 35.2 Å². The van der Waals surface area contributed by atoms with E-state index in [1.807, 2.05) is 25.1 Å². The summed E-state index contributed by atoms with van der Waals surface area (Å²) in [5.41, 5.74) is 3.04. The van der Waals surface area contributed by atoms with Gasteiger partial charge in [-0.2, -0.15) is 0 Å². The average Bonchev–Trinajstić information content (AvgIpc) is 3.24. The highest BCUT2D eigenvalue weighted by molar-refractivity contribution is 5.97. The molecular formula is C20H21N5O3. The van der Waals surface area contributed by atoms with E-state index in [1.165, 1.54) is 6.33 Å². The van der Waals surface area contributed by atoms with Gasteiger partial charge in [-0.05, 0) is 65.7 Å². The first-order valence-corrected chi connectivity index (χ1v) is 8.88. The van der Waals surface area contributed by atoms with Gasteiger partial charge in [-0.3, -0.25) is 9.59 Å². The van der Waals surface area contributed by atoms with Gasteiger partial charge in [0, 0.05) is 24.1 Å². The van der Waals surface area contributed by atoms with Crippen LogP contribution in [0.3, 0.4) is 0 Å². The number of methoxy groups -OCH3 is 1. The van der Waals surface area contributed by atoms with E-state index in [0.29, 0.717) is 29.8 Å². The number of Topliss-reactive ketones (excluding diaryl/α,β-unsaturated/α-hetero) is 1. The number of benzene rings is 2. The first-order chi connectivity index (χ1) is 13.6. The molecule has 8 heteroatoms. The predicted molar refractivity (Wildman–Crippen MR) is 104 cm³/mol. The summed E-state index contributed by atoms with van der Waals surface area (Å²) in [5.74, 6) is 0.566. The lowest BCUT2D eigenvalue weighted by Crippen LogP contribution is -2.12. The Balaban J connectivity index is 1.52. The molecule has 28 heavy (non-hydrogen) atoms. The van der Waals surface area contributed by atoms with E-state index in [2.05, 4.69) is 20.8 Å². The smallest absolute Gasteiger partial charge is 0.224 e. The van der Waals surface area contributed by atoms with Crippen LogP contribution in [-0.2, 0) is 4.79 Å². The van der Waals surface area contributed by atoms with Crippen molar-refractivity contribution in [1.29, 1.82) is 0 Å². The Hall–Kier alpha value is -3.55. The molecule has 0 bridgehead atoms. The van der Waals surface area contributed by atoms with Crippen LogP contribution in [0.5, 0.6) is 5.75 Å². The quantitative estimate of drug-likeness (QED) is 0.604. The molecule has 2 aromatic carbocycles. The highest BCUT2D eigenvalue weighted by Gasteiger charge is 2.10. The summed E-state index contributed by atoms with van der Waals surface area (Å²) >= 11 is 0. The van der Waals surface area contributed by atoms with Gasteiger partial charge in [-0.15, -0.1) is 5.10 Å². The SMILES string of the molecule is COc1ccc(C(=O)CCCC(=O)Nc2ccc(C)c(-n3cnnn3)c2)cc1. The zero-order valence-corrected chi connectivity index (χ0v) is 15.8. The Morgan fingerprint density at radius 3 is 2.57 bits per heavy atom. The molecule has 0 aliphatic rings. The maximum atomic E-state index is 12.2. The molecule has 0 saturated heterocycles. The molecule has 0 saturated carbocycles. The number of ether oxygens (including phenoxy) is 1. The van der Waals surface area contributed by atoms with Crippen molar-refractivity contribution in [2.75, 3.05) is 12.4 Å². The van der Waals surface area contributed by atoms with Crippen molar-refractivity contribution in [3.63, 3.8) is 0 Å². The average molecular weight is 379 g/mol. The summed E-state index contributed by atoms with van der Waals surface area (Å²) < 4.78 is 6.62. The van der Waals surface area contributed by atoms with Crippen molar-refractivity contribution in [3.8, 4) is 11.4 Å². The molecule has 0 aliphatic carbocycles. The van der Waals surface area contributed by atoms with Crippen molar-refractivity contribution >= 4 is 17.4 Å². The summed E-state index contributed by atoms with van der Waals surface area (Å²) in [6.07, 6.45) is 2.54. The van der Waals surface area contributed by atoms with Crippen molar-refractivity contribution in [2.45, 2.75) is 26.2 Å². The molecule has 1 amide bonds. The lowest BCUT2D eigenvalue weighted by molar-refractivity contribution is -0.116. The standard InChI is InChI=1S/C20H21N5O3/c1-14-6-9-16(12-18(14)25-13-21-23-24-25)22-20(27)5-3-4-19(26)15-7-10-17(28-2)11-8-15/h6-13H,3-5H2,1-2H3,(H,22,27). The molecule has 0 unspecified atom stereocenters. The number of carbonyl (C=O) groups excluding carboxylic acids is 2. The van der Waals surface area contributed by atoms with E-state index in [1.54, 1.807) is 36.1 Å². The number of aryl methyl sites for hydroxylation is 1. The molecule has 1 N–H and O–H groups in total. The van der Waals surface area contributed by atoms with Gasteiger partial charge in [0.2, 0.25) is 5.91 Å². The van der Waals surface area contributed by atoms with Crippen LogP contribution >= 0.6 is 0 Å². The molecule has 8 nitrogen and oxygen atoms in total.